The van der Waals surface area contributed by atoms with Crippen molar-refractivity contribution < 1.29 is 19.4 Å². The second-order valence-electron chi connectivity index (χ2n) is 7.11. The lowest BCUT2D eigenvalue weighted by Gasteiger charge is -2.36. The van der Waals surface area contributed by atoms with Crippen LogP contribution in [0.2, 0.25) is 0 Å². The second kappa shape index (κ2) is 7.66. The van der Waals surface area contributed by atoms with Crippen LogP contribution in [0.3, 0.4) is 0 Å². The number of aliphatic carboxylic acids is 1. The van der Waals surface area contributed by atoms with Gasteiger partial charge in [0.25, 0.3) is 0 Å². The molecule has 24 heavy (non-hydrogen) atoms. The molecule has 1 aromatic carbocycles. The van der Waals surface area contributed by atoms with Crippen LogP contribution in [0.5, 0.6) is 0 Å². The van der Waals surface area contributed by atoms with Crippen molar-refractivity contribution in [3.63, 3.8) is 0 Å². The summed E-state index contributed by atoms with van der Waals surface area (Å²) >= 11 is 0. The van der Waals surface area contributed by atoms with E-state index in [0.29, 0.717) is 25.9 Å². The summed E-state index contributed by atoms with van der Waals surface area (Å²) in [6.45, 7) is 6.71. The Morgan fingerprint density at radius 2 is 1.79 bits per heavy atom. The molecule has 1 atom stereocenters. The summed E-state index contributed by atoms with van der Waals surface area (Å²) in [7, 11) is 0. The maximum Gasteiger partial charge on any atom is 0.407 e. The zero-order valence-corrected chi connectivity index (χ0v) is 14.5. The molecule has 1 amide bonds. The molecule has 0 saturated carbocycles. The highest BCUT2D eigenvalue weighted by Crippen LogP contribution is 2.25. The summed E-state index contributed by atoms with van der Waals surface area (Å²) < 4.78 is 5.26. The Labute approximate surface area is 142 Å². The fourth-order valence-corrected chi connectivity index (χ4v) is 2.92. The molecular formula is C18H26N2O4. The Morgan fingerprint density at radius 1 is 1.21 bits per heavy atom. The number of nitrogens with zero attached hydrogens (tertiary/aromatic N) is 1. The normalized spacial score (nSPS) is 18.0. The number of hydrogen-bond acceptors (Lipinski definition) is 4. The van der Waals surface area contributed by atoms with Crippen LogP contribution in [0.25, 0.3) is 0 Å². The largest absolute Gasteiger partial charge is 0.480 e. The highest BCUT2D eigenvalue weighted by atomic mass is 16.6. The van der Waals surface area contributed by atoms with Crippen molar-refractivity contribution in [1.82, 2.24) is 10.2 Å². The average molecular weight is 334 g/mol. The molecule has 132 valence electrons. The Kier molecular flexibility index (Phi) is 5.83. The monoisotopic (exact) mass is 334 g/mol. The van der Waals surface area contributed by atoms with Crippen molar-refractivity contribution in [2.75, 3.05) is 13.1 Å². The van der Waals surface area contributed by atoms with E-state index < -0.39 is 23.7 Å². The molecule has 1 aliphatic rings. The minimum Gasteiger partial charge on any atom is -0.480 e. The number of likely N-dealkylation sites (tertiary alicyclic amines) is 1. The number of carbonyl (C=O) groups is 2. The van der Waals surface area contributed by atoms with Crippen LogP contribution >= 0.6 is 0 Å². The zero-order chi connectivity index (χ0) is 17.7. The molecule has 2 N–H and O–H groups in total. The van der Waals surface area contributed by atoms with Gasteiger partial charge >= 0.3 is 12.1 Å². The fraction of sp³-hybridized carbons (Fsp3) is 0.556. The van der Waals surface area contributed by atoms with E-state index in [0.717, 1.165) is 5.56 Å². The molecule has 0 aromatic heterocycles. The van der Waals surface area contributed by atoms with Gasteiger partial charge in [0.2, 0.25) is 0 Å². The number of piperidine rings is 1. The van der Waals surface area contributed by atoms with E-state index in [2.05, 4.69) is 5.32 Å². The Bertz CT molecular complexity index is 560. The first-order valence-electron chi connectivity index (χ1n) is 8.27. The number of hydrogen-bond donors (Lipinski definition) is 2. The van der Waals surface area contributed by atoms with Crippen molar-refractivity contribution >= 4 is 12.1 Å². The van der Waals surface area contributed by atoms with E-state index in [9.17, 15) is 14.7 Å². The van der Waals surface area contributed by atoms with Crippen molar-refractivity contribution in [3.05, 3.63) is 35.9 Å². The first kappa shape index (κ1) is 18.3. The summed E-state index contributed by atoms with van der Waals surface area (Å²) in [5.41, 5.74) is 0.260. The number of alkyl carbamates (subject to hydrolysis) is 1. The smallest absolute Gasteiger partial charge is 0.407 e. The van der Waals surface area contributed by atoms with Crippen LogP contribution in [0.15, 0.2) is 30.3 Å². The lowest BCUT2D eigenvalue weighted by Crippen LogP contribution is -2.48. The van der Waals surface area contributed by atoms with Gasteiger partial charge in [0.15, 0.2) is 0 Å². The van der Waals surface area contributed by atoms with Crippen LogP contribution in [0.4, 0.5) is 4.79 Å². The number of carbonyl (C=O) groups excluding carboxylic acids is 1. The molecule has 6 nitrogen and oxygen atoms in total. The molecule has 1 aromatic rings. The molecule has 0 unspecified atom stereocenters. The fourth-order valence-electron chi connectivity index (χ4n) is 2.92. The number of carboxylic acid groups (broad SMARTS) is 1. The summed E-state index contributed by atoms with van der Waals surface area (Å²) in [4.78, 5) is 25.5. The van der Waals surface area contributed by atoms with Gasteiger partial charge in [-0.1, -0.05) is 30.3 Å². The van der Waals surface area contributed by atoms with Gasteiger partial charge in [-0.15, -0.1) is 0 Å². The number of benzene rings is 1. The van der Waals surface area contributed by atoms with Gasteiger partial charge in [0.1, 0.15) is 11.6 Å². The van der Waals surface area contributed by atoms with Gasteiger partial charge in [-0.2, -0.15) is 0 Å². The number of ether oxygens (including phenoxy) is 1. The van der Waals surface area contributed by atoms with E-state index in [1.165, 1.54) is 0 Å². The molecule has 1 heterocycles. The van der Waals surface area contributed by atoms with E-state index in [1.54, 1.807) is 0 Å². The first-order chi connectivity index (χ1) is 11.3. The lowest BCUT2D eigenvalue weighted by molar-refractivity contribution is -0.144. The van der Waals surface area contributed by atoms with Gasteiger partial charge in [-0.3, -0.25) is 9.69 Å². The molecule has 0 aliphatic carbocycles. The summed E-state index contributed by atoms with van der Waals surface area (Å²) in [5.74, 6) is -0.847. The summed E-state index contributed by atoms with van der Waals surface area (Å²) in [5, 5.41) is 12.5. The van der Waals surface area contributed by atoms with Crippen molar-refractivity contribution in [2.45, 2.75) is 51.3 Å². The van der Waals surface area contributed by atoms with Gasteiger partial charge in [-0.25, -0.2) is 4.79 Å². The number of rotatable bonds is 4. The lowest BCUT2D eigenvalue weighted by atomic mass is 9.99. The van der Waals surface area contributed by atoms with Gasteiger partial charge in [0.05, 0.1) is 0 Å². The van der Waals surface area contributed by atoms with Gasteiger partial charge in [-0.05, 0) is 39.2 Å². The molecule has 1 aliphatic heterocycles. The first-order valence-corrected chi connectivity index (χ1v) is 8.27. The standard InChI is InChI=1S/C18H26N2O4/c1-18(2,3)24-17(23)19-14-9-11-20(12-10-14)15(16(21)22)13-7-5-4-6-8-13/h4-8,14-15H,9-12H2,1-3H3,(H,19,23)(H,21,22)/t15-/m1/s1. The van der Waals surface area contributed by atoms with E-state index in [1.807, 2.05) is 56.0 Å². The summed E-state index contributed by atoms with van der Waals surface area (Å²) in [6, 6.07) is 8.62. The van der Waals surface area contributed by atoms with Crippen molar-refractivity contribution in [2.24, 2.45) is 0 Å². The van der Waals surface area contributed by atoms with E-state index in [-0.39, 0.29) is 6.04 Å². The zero-order valence-electron chi connectivity index (χ0n) is 14.5. The number of carboxylic acids is 1. The van der Waals surface area contributed by atoms with Crippen molar-refractivity contribution in [3.8, 4) is 0 Å². The Morgan fingerprint density at radius 3 is 2.29 bits per heavy atom. The van der Waals surface area contributed by atoms with Gasteiger partial charge in [0, 0.05) is 19.1 Å². The predicted molar refractivity (Wildman–Crippen MR) is 90.8 cm³/mol. The second-order valence-corrected chi connectivity index (χ2v) is 7.11. The topological polar surface area (TPSA) is 78.9 Å². The van der Waals surface area contributed by atoms with E-state index in [4.69, 9.17) is 4.74 Å². The van der Waals surface area contributed by atoms with Crippen molar-refractivity contribution in [1.29, 1.82) is 0 Å². The van der Waals surface area contributed by atoms with Crippen LogP contribution in [-0.2, 0) is 9.53 Å². The molecular weight excluding hydrogens is 308 g/mol. The molecule has 1 saturated heterocycles. The minimum atomic E-state index is -0.847. The SMILES string of the molecule is CC(C)(C)OC(=O)NC1CCN([C@@H](C(=O)O)c2ccccc2)CC1. The van der Waals surface area contributed by atoms with Crippen LogP contribution < -0.4 is 5.32 Å². The molecule has 6 heteroatoms. The molecule has 0 radical (unpaired) electrons. The third-order valence-electron chi connectivity index (χ3n) is 3.96. The van der Waals surface area contributed by atoms with Gasteiger partial charge < -0.3 is 15.2 Å². The Hall–Kier alpha value is -2.08. The maximum absolute atomic E-state index is 11.8. The molecule has 1 fully saturated rings. The highest BCUT2D eigenvalue weighted by Gasteiger charge is 2.31. The molecule has 0 bridgehead atoms. The number of amides is 1. The molecule has 0 spiro atoms. The minimum absolute atomic E-state index is 0.0151. The highest BCUT2D eigenvalue weighted by molar-refractivity contribution is 5.75. The quantitative estimate of drug-likeness (QED) is 0.885. The Balaban J connectivity index is 1.91. The van der Waals surface area contributed by atoms with Crippen LogP contribution in [-0.4, -0.2) is 46.8 Å². The van der Waals surface area contributed by atoms with Crippen LogP contribution in [0.1, 0.15) is 45.2 Å². The maximum atomic E-state index is 11.8. The van der Waals surface area contributed by atoms with Crippen LogP contribution in [0, 0.1) is 0 Å². The average Bonchev–Trinajstić information content (AvgIpc) is 2.48. The third-order valence-corrected chi connectivity index (χ3v) is 3.96. The van der Waals surface area contributed by atoms with E-state index >= 15 is 0 Å². The predicted octanol–water partition coefficient (Wildman–Crippen LogP) is 2.80. The number of nitrogens with one attached hydrogen (secondary N) is 1. The molecule has 2 rings (SSSR count). The third kappa shape index (κ3) is 5.23. The summed E-state index contributed by atoms with van der Waals surface area (Å²) in [6.07, 6.45) is 0.991.